The number of ether oxygens (including phenoxy) is 1. The third kappa shape index (κ3) is 2.77. The fourth-order valence-corrected chi connectivity index (χ4v) is 1.38. The Balaban J connectivity index is 2.34. The third-order valence-electron chi connectivity index (χ3n) is 2.27. The Kier molecular flexibility index (Phi) is 3.70. The molecule has 0 unspecified atom stereocenters. The first-order chi connectivity index (χ1) is 9.61. The summed E-state index contributed by atoms with van der Waals surface area (Å²) in [5.74, 6) is -0.228. The van der Waals surface area contributed by atoms with E-state index in [1.165, 1.54) is 30.5 Å². The van der Waals surface area contributed by atoms with Crippen LogP contribution < -0.4 is 10.5 Å². The van der Waals surface area contributed by atoms with E-state index in [0.717, 1.165) is 0 Å². The first-order valence-corrected chi connectivity index (χ1v) is 5.34. The van der Waals surface area contributed by atoms with E-state index >= 15 is 0 Å². The van der Waals surface area contributed by atoms with Gasteiger partial charge in [-0.3, -0.25) is 10.1 Å². The minimum Gasteiger partial charge on any atom is -0.417 e. The van der Waals surface area contributed by atoms with E-state index < -0.39 is 4.92 Å². The number of para-hydroxylation sites is 2. The minimum atomic E-state index is -0.581. The van der Waals surface area contributed by atoms with Crippen LogP contribution in [-0.2, 0) is 0 Å². The van der Waals surface area contributed by atoms with Gasteiger partial charge in [0.05, 0.1) is 4.92 Å². The summed E-state index contributed by atoms with van der Waals surface area (Å²) in [6.07, 6.45) is 1.32. The number of nitrogens with zero attached hydrogens (tertiary/aromatic N) is 4. The Hall–Kier alpha value is -3.23. The molecule has 3 N–H and O–H groups in total. The summed E-state index contributed by atoms with van der Waals surface area (Å²) in [6, 6.07) is 7.05. The zero-order valence-corrected chi connectivity index (χ0v) is 10.0. The Morgan fingerprint density at radius 3 is 2.85 bits per heavy atom. The molecular weight excluding hydrogens is 266 g/mol. The molecule has 0 spiro atoms. The van der Waals surface area contributed by atoms with Gasteiger partial charge in [0.1, 0.15) is 5.69 Å². The molecule has 1 aromatic carbocycles. The van der Waals surface area contributed by atoms with Crippen molar-refractivity contribution in [1.82, 2.24) is 9.97 Å². The molecule has 9 heteroatoms. The summed E-state index contributed by atoms with van der Waals surface area (Å²) in [5, 5.41) is 22.2. The zero-order chi connectivity index (χ0) is 14.5. The molecule has 0 saturated heterocycles. The van der Waals surface area contributed by atoms with Gasteiger partial charge in [-0.2, -0.15) is 4.98 Å². The summed E-state index contributed by atoms with van der Waals surface area (Å²) >= 11 is 0. The molecule has 0 saturated carbocycles. The first kappa shape index (κ1) is 13.2. The fourth-order valence-electron chi connectivity index (χ4n) is 1.38. The SMILES string of the molecule is N/C(=N/O)c1ccnc(Oc2ccccc2[N+](=O)[O-])n1. The normalized spacial score (nSPS) is 11.1. The number of nitro groups is 1. The van der Waals surface area contributed by atoms with Crippen LogP contribution in [0.15, 0.2) is 41.7 Å². The number of nitrogens with two attached hydrogens (primary N) is 1. The topological polar surface area (TPSA) is 137 Å². The number of amidine groups is 1. The molecule has 2 rings (SSSR count). The van der Waals surface area contributed by atoms with Gasteiger partial charge in [-0.15, -0.1) is 0 Å². The summed E-state index contributed by atoms with van der Waals surface area (Å²) in [7, 11) is 0. The molecular formula is C11H9N5O4. The van der Waals surface area contributed by atoms with Crippen molar-refractivity contribution in [1.29, 1.82) is 0 Å². The van der Waals surface area contributed by atoms with E-state index in [1.54, 1.807) is 6.07 Å². The van der Waals surface area contributed by atoms with Crippen LogP contribution in [0.4, 0.5) is 5.69 Å². The van der Waals surface area contributed by atoms with Gasteiger partial charge in [0.2, 0.25) is 5.75 Å². The van der Waals surface area contributed by atoms with Crippen LogP contribution >= 0.6 is 0 Å². The molecule has 0 atom stereocenters. The third-order valence-corrected chi connectivity index (χ3v) is 2.27. The zero-order valence-electron chi connectivity index (χ0n) is 10.0. The number of hydrogen-bond acceptors (Lipinski definition) is 7. The second-order valence-electron chi connectivity index (χ2n) is 3.54. The molecule has 0 fully saturated rings. The highest BCUT2D eigenvalue weighted by atomic mass is 16.6. The van der Waals surface area contributed by atoms with Gasteiger partial charge in [0, 0.05) is 12.3 Å². The van der Waals surface area contributed by atoms with Crippen molar-refractivity contribution in [2.24, 2.45) is 10.9 Å². The maximum Gasteiger partial charge on any atom is 0.322 e. The Morgan fingerprint density at radius 1 is 1.40 bits per heavy atom. The molecule has 9 nitrogen and oxygen atoms in total. The van der Waals surface area contributed by atoms with E-state index in [9.17, 15) is 10.1 Å². The predicted octanol–water partition coefficient (Wildman–Crippen LogP) is 1.27. The van der Waals surface area contributed by atoms with Crippen molar-refractivity contribution in [3.63, 3.8) is 0 Å². The van der Waals surface area contributed by atoms with Gasteiger partial charge in [0.25, 0.3) is 0 Å². The average Bonchev–Trinajstić information content (AvgIpc) is 2.47. The molecule has 0 aliphatic rings. The first-order valence-electron chi connectivity index (χ1n) is 5.34. The molecule has 0 bridgehead atoms. The summed E-state index contributed by atoms with van der Waals surface area (Å²) in [4.78, 5) is 17.9. The van der Waals surface area contributed by atoms with Gasteiger partial charge in [0.15, 0.2) is 5.84 Å². The maximum absolute atomic E-state index is 10.8. The lowest BCUT2D eigenvalue weighted by Crippen LogP contribution is -2.15. The van der Waals surface area contributed by atoms with E-state index in [1.807, 2.05) is 0 Å². The highest BCUT2D eigenvalue weighted by Gasteiger charge is 2.16. The number of hydrogen-bond donors (Lipinski definition) is 2. The van der Waals surface area contributed by atoms with Crippen molar-refractivity contribution in [2.45, 2.75) is 0 Å². The number of aromatic nitrogens is 2. The molecule has 2 aromatic rings. The van der Waals surface area contributed by atoms with Crippen molar-refractivity contribution < 1.29 is 14.9 Å². The van der Waals surface area contributed by atoms with Crippen LogP contribution in [0.1, 0.15) is 5.69 Å². The summed E-state index contributed by atoms with van der Waals surface area (Å²) in [5.41, 5.74) is 5.30. The average molecular weight is 275 g/mol. The fraction of sp³-hybridized carbons (Fsp3) is 0. The molecule has 0 aliphatic carbocycles. The maximum atomic E-state index is 10.8. The summed E-state index contributed by atoms with van der Waals surface area (Å²) < 4.78 is 5.25. The standard InChI is InChI=1S/C11H9N5O4/c12-10(15-17)7-5-6-13-11(14-7)20-9-4-2-1-3-8(9)16(18)19/h1-6,17H,(H2,12,15). The van der Waals surface area contributed by atoms with E-state index in [-0.39, 0.29) is 29.0 Å². The molecule has 1 aromatic heterocycles. The number of oxime groups is 1. The molecule has 0 amide bonds. The number of nitro benzene ring substituents is 1. The Labute approximate surface area is 112 Å². The van der Waals surface area contributed by atoms with Crippen LogP contribution in [0.25, 0.3) is 0 Å². The number of rotatable bonds is 4. The van der Waals surface area contributed by atoms with Crippen LogP contribution in [0.2, 0.25) is 0 Å². The minimum absolute atomic E-state index is 0.00541. The van der Waals surface area contributed by atoms with Crippen molar-refractivity contribution >= 4 is 11.5 Å². The monoisotopic (exact) mass is 275 g/mol. The van der Waals surface area contributed by atoms with Gasteiger partial charge >= 0.3 is 11.7 Å². The van der Waals surface area contributed by atoms with Crippen molar-refractivity contribution in [3.05, 3.63) is 52.3 Å². The van der Waals surface area contributed by atoms with Crippen LogP contribution in [0.3, 0.4) is 0 Å². The smallest absolute Gasteiger partial charge is 0.322 e. The Morgan fingerprint density at radius 2 is 2.15 bits per heavy atom. The lowest BCUT2D eigenvalue weighted by molar-refractivity contribution is -0.385. The molecule has 0 aliphatic heterocycles. The lowest BCUT2D eigenvalue weighted by atomic mass is 10.3. The molecule has 0 radical (unpaired) electrons. The van der Waals surface area contributed by atoms with Gasteiger partial charge in [-0.05, 0) is 12.1 Å². The van der Waals surface area contributed by atoms with Crippen LogP contribution in [0, 0.1) is 10.1 Å². The molecule has 20 heavy (non-hydrogen) atoms. The molecule has 102 valence electrons. The lowest BCUT2D eigenvalue weighted by Gasteiger charge is -2.05. The summed E-state index contributed by atoms with van der Waals surface area (Å²) in [6.45, 7) is 0. The van der Waals surface area contributed by atoms with E-state index in [0.29, 0.717) is 0 Å². The van der Waals surface area contributed by atoms with E-state index in [2.05, 4.69) is 15.1 Å². The predicted molar refractivity (Wildman–Crippen MR) is 67.7 cm³/mol. The van der Waals surface area contributed by atoms with Gasteiger partial charge < -0.3 is 15.7 Å². The molecule has 1 heterocycles. The van der Waals surface area contributed by atoms with Gasteiger partial charge in [-0.1, -0.05) is 17.3 Å². The van der Waals surface area contributed by atoms with Crippen molar-refractivity contribution in [3.8, 4) is 11.8 Å². The second kappa shape index (κ2) is 5.61. The largest absolute Gasteiger partial charge is 0.417 e. The van der Waals surface area contributed by atoms with E-state index in [4.69, 9.17) is 15.7 Å². The van der Waals surface area contributed by atoms with Gasteiger partial charge in [-0.25, -0.2) is 4.98 Å². The number of benzene rings is 1. The van der Waals surface area contributed by atoms with Crippen LogP contribution in [0.5, 0.6) is 11.8 Å². The highest BCUT2D eigenvalue weighted by molar-refractivity contribution is 5.95. The quantitative estimate of drug-likeness (QED) is 0.282. The highest BCUT2D eigenvalue weighted by Crippen LogP contribution is 2.28. The second-order valence-corrected chi connectivity index (χ2v) is 3.54. The van der Waals surface area contributed by atoms with Crippen LogP contribution in [-0.4, -0.2) is 25.9 Å². The van der Waals surface area contributed by atoms with Crippen molar-refractivity contribution in [2.75, 3.05) is 0 Å². The Bertz CT molecular complexity index is 673.